The second-order valence-electron chi connectivity index (χ2n) is 3.91. The van der Waals surface area contributed by atoms with Gasteiger partial charge in [0.15, 0.2) is 0 Å². The number of carbonyl (C=O) groups is 1. The van der Waals surface area contributed by atoms with E-state index in [2.05, 4.69) is 10.2 Å². The summed E-state index contributed by atoms with van der Waals surface area (Å²) in [5, 5.41) is 6.34. The number of aromatic amines is 1. The first kappa shape index (κ1) is 11.2. The van der Waals surface area contributed by atoms with Gasteiger partial charge in [-0.05, 0) is 24.6 Å². The maximum Gasteiger partial charge on any atom is 0.276 e. The van der Waals surface area contributed by atoms with Crippen LogP contribution in [0, 0.1) is 6.92 Å². The molecule has 3 N–H and O–H groups in total. The summed E-state index contributed by atoms with van der Waals surface area (Å²) in [6, 6.07) is 9.24. The fourth-order valence-electron chi connectivity index (χ4n) is 1.58. The lowest BCUT2D eigenvalue weighted by Gasteiger charge is -2.16. The molecule has 0 fully saturated rings. The molecule has 0 aliphatic rings. The summed E-state index contributed by atoms with van der Waals surface area (Å²) < 4.78 is 0. The van der Waals surface area contributed by atoms with Crippen molar-refractivity contribution in [1.29, 1.82) is 0 Å². The highest BCUT2D eigenvalue weighted by atomic mass is 16.2. The van der Waals surface area contributed by atoms with Crippen LogP contribution in [0.4, 0.5) is 11.5 Å². The highest BCUT2D eigenvalue weighted by Crippen LogP contribution is 2.16. The van der Waals surface area contributed by atoms with Crippen LogP contribution in [0.1, 0.15) is 16.1 Å². The molecule has 5 heteroatoms. The number of nitrogen functional groups attached to an aromatic ring is 1. The van der Waals surface area contributed by atoms with Gasteiger partial charge in [0.2, 0.25) is 0 Å². The second kappa shape index (κ2) is 4.29. The van der Waals surface area contributed by atoms with Crippen molar-refractivity contribution < 1.29 is 4.79 Å². The van der Waals surface area contributed by atoms with Crippen molar-refractivity contribution in [3.8, 4) is 0 Å². The second-order valence-corrected chi connectivity index (χ2v) is 3.91. The van der Waals surface area contributed by atoms with Gasteiger partial charge in [-0.2, -0.15) is 5.10 Å². The number of H-pyrrole nitrogens is 1. The molecule has 88 valence electrons. The van der Waals surface area contributed by atoms with Gasteiger partial charge in [-0.25, -0.2) is 0 Å². The highest BCUT2D eigenvalue weighted by molar-refractivity contribution is 6.04. The van der Waals surface area contributed by atoms with Gasteiger partial charge in [0, 0.05) is 18.8 Å². The number of aromatic nitrogens is 2. The summed E-state index contributed by atoms with van der Waals surface area (Å²) in [5.74, 6) is 0.144. The number of nitrogens with one attached hydrogen (secondary N) is 1. The van der Waals surface area contributed by atoms with E-state index < -0.39 is 0 Å². The molecule has 0 bridgehead atoms. The van der Waals surface area contributed by atoms with Gasteiger partial charge in [0.05, 0.1) is 0 Å². The number of hydrogen-bond donors (Lipinski definition) is 2. The molecule has 2 aromatic rings. The van der Waals surface area contributed by atoms with E-state index in [-0.39, 0.29) is 5.91 Å². The summed E-state index contributed by atoms with van der Waals surface area (Å²) in [7, 11) is 1.72. The minimum atomic E-state index is -0.167. The summed E-state index contributed by atoms with van der Waals surface area (Å²) in [4.78, 5) is 13.6. The first-order valence-electron chi connectivity index (χ1n) is 5.23. The molecule has 0 spiro atoms. The largest absolute Gasteiger partial charge is 0.382 e. The van der Waals surface area contributed by atoms with E-state index in [1.165, 1.54) is 6.07 Å². The van der Waals surface area contributed by atoms with Crippen molar-refractivity contribution in [3.05, 3.63) is 41.6 Å². The van der Waals surface area contributed by atoms with Crippen molar-refractivity contribution in [3.63, 3.8) is 0 Å². The van der Waals surface area contributed by atoms with Crippen LogP contribution in [0.25, 0.3) is 0 Å². The molecule has 5 nitrogen and oxygen atoms in total. The van der Waals surface area contributed by atoms with Crippen LogP contribution in [-0.2, 0) is 0 Å². The maximum absolute atomic E-state index is 12.1. The van der Waals surface area contributed by atoms with E-state index in [4.69, 9.17) is 5.73 Å². The smallest absolute Gasteiger partial charge is 0.276 e. The average molecular weight is 230 g/mol. The fourth-order valence-corrected chi connectivity index (χ4v) is 1.58. The Morgan fingerprint density at radius 3 is 2.76 bits per heavy atom. The molecule has 0 aliphatic carbocycles. The fraction of sp³-hybridized carbons (Fsp3) is 0.167. The first-order valence-corrected chi connectivity index (χ1v) is 5.23. The van der Waals surface area contributed by atoms with Gasteiger partial charge >= 0.3 is 0 Å². The van der Waals surface area contributed by atoms with Crippen molar-refractivity contribution in [2.75, 3.05) is 17.7 Å². The normalized spacial score (nSPS) is 10.2. The summed E-state index contributed by atoms with van der Waals surface area (Å²) in [6.45, 7) is 1.98. The number of amides is 1. The Balaban J connectivity index is 2.26. The lowest BCUT2D eigenvalue weighted by molar-refractivity contribution is 0.0988. The van der Waals surface area contributed by atoms with E-state index in [0.717, 1.165) is 11.3 Å². The van der Waals surface area contributed by atoms with Gasteiger partial charge in [-0.3, -0.25) is 9.89 Å². The van der Waals surface area contributed by atoms with Gasteiger partial charge in [-0.1, -0.05) is 12.1 Å². The van der Waals surface area contributed by atoms with Gasteiger partial charge < -0.3 is 10.6 Å². The van der Waals surface area contributed by atoms with Crippen LogP contribution in [0.15, 0.2) is 30.3 Å². The minimum absolute atomic E-state index is 0.167. The van der Waals surface area contributed by atoms with Crippen LogP contribution >= 0.6 is 0 Å². The predicted octanol–water partition coefficient (Wildman–Crippen LogP) is 1.58. The van der Waals surface area contributed by atoms with Crippen molar-refractivity contribution in [2.45, 2.75) is 6.92 Å². The molecular weight excluding hydrogens is 216 g/mol. The lowest BCUT2D eigenvalue weighted by atomic mass is 10.2. The maximum atomic E-state index is 12.1. The zero-order valence-electron chi connectivity index (χ0n) is 9.77. The Hall–Kier alpha value is -2.30. The van der Waals surface area contributed by atoms with Crippen LogP contribution in [0.3, 0.4) is 0 Å². The monoisotopic (exact) mass is 230 g/mol. The molecule has 17 heavy (non-hydrogen) atoms. The summed E-state index contributed by atoms with van der Waals surface area (Å²) in [6.07, 6.45) is 0. The van der Waals surface area contributed by atoms with E-state index >= 15 is 0 Å². The Bertz CT molecular complexity index is 547. The number of hydrogen-bond acceptors (Lipinski definition) is 3. The van der Waals surface area contributed by atoms with Crippen LogP contribution in [0.2, 0.25) is 0 Å². The number of carbonyl (C=O) groups excluding carboxylic acids is 1. The molecule has 1 aromatic carbocycles. The van der Waals surface area contributed by atoms with Crippen LogP contribution in [-0.4, -0.2) is 23.2 Å². The van der Waals surface area contributed by atoms with Crippen molar-refractivity contribution >= 4 is 17.4 Å². The molecule has 1 amide bonds. The average Bonchev–Trinajstić information content (AvgIpc) is 2.74. The number of aryl methyl sites for hydroxylation is 1. The topological polar surface area (TPSA) is 75.0 Å². The Morgan fingerprint density at radius 1 is 1.41 bits per heavy atom. The van der Waals surface area contributed by atoms with Crippen molar-refractivity contribution in [2.24, 2.45) is 0 Å². The standard InChI is InChI=1S/C12H14N4O/c1-8-4-3-5-9(6-8)16(2)12(17)10-7-11(13)15-14-10/h3-7H,1-2H3,(H3,13,14,15). The highest BCUT2D eigenvalue weighted by Gasteiger charge is 2.15. The van der Waals surface area contributed by atoms with Gasteiger partial charge in [0.25, 0.3) is 5.91 Å². The minimum Gasteiger partial charge on any atom is -0.382 e. The third-order valence-electron chi connectivity index (χ3n) is 2.52. The third kappa shape index (κ3) is 2.28. The van der Waals surface area contributed by atoms with E-state index in [1.807, 2.05) is 31.2 Å². The third-order valence-corrected chi connectivity index (χ3v) is 2.52. The molecular formula is C12H14N4O. The lowest BCUT2D eigenvalue weighted by Crippen LogP contribution is -2.26. The zero-order chi connectivity index (χ0) is 12.4. The van der Waals surface area contributed by atoms with E-state index in [9.17, 15) is 4.79 Å². The molecule has 0 aliphatic heterocycles. The Labute approximate surface area is 99.2 Å². The number of benzene rings is 1. The molecule has 0 radical (unpaired) electrons. The van der Waals surface area contributed by atoms with Gasteiger partial charge in [0.1, 0.15) is 11.5 Å². The number of rotatable bonds is 2. The van der Waals surface area contributed by atoms with Gasteiger partial charge in [-0.15, -0.1) is 0 Å². The number of nitrogens with zero attached hydrogens (tertiary/aromatic N) is 2. The first-order chi connectivity index (χ1) is 8.08. The van der Waals surface area contributed by atoms with Crippen LogP contribution in [0.5, 0.6) is 0 Å². The van der Waals surface area contributed by atoms with E-state index in [1.54, 1.807) is 11.9 Å². The Morgan fingerprint density at radius 2 is 2.18 bits per heavy atom. The predicted molar refractivity (Wildman–Crippen MR) is 66.9 cm³/mol. The van der Waals surface area contributed by atoms with E-state index in [0.29, 0.717) is 11.5 Å². The summed E-state index contributed by atoms with van der Waals surface area (Å²) in [5.41, 5.74) is 7.79. The Kier molecular flexibility index (Phi) is 2.82. The van der Waals surface area contributed by atoms with Crippen molar-refractivity contribution in [1.82, 2.24) is 10.2 Å². The molecule has 0 saturated carbocycles. The molecule has 1 heterocycles. The number of nitrogens with two attached hydrogens (primary N) is 1. The molecule has 0 unspecified atom stereocenters. The van der Waals surface area contributed by atoms with Crippen LogP contribution < -0.4 is 10.6 Å². The SMILES string of the molecule is Cc1cccc(N(C)C(=O)c2cc(N)n[nH]2)c1. The number of anilines is 2. The summed E-state index contributed by atoms with van der Waals surface area (Å²) >= 11 is 0. The molecule has 1 aromatic heterocycles. The molecule has 0 atom stereocenters. The molecule has 2 rings (SSSR count). The quantitative estimate of drug-likeness (QED) is 0.822. The zero-order valence-corrected chi connectivity index (χ0v) is 9.77. The molecule has 0 saturated heterocycles.